The molecule has 4 aromatic rings. The third-order valence-electron chi connectivity index (χ3n) is 8.13. The number of nitrogens with one attached hydrogen (secondary N) is 4. The van der Waals surface area contributed by atoms with Crippen molar-refractivity contribution in [3.8, 4) is 22.6 Å². The molecule has 226 valence electrons. The van der Waals surface area contributed by atoms with Crippen molar-refractivity contribution in [2.45, 2.75) is 59.3 Å². The summed E-state index contributed by atoms with van der Waals surface area (Å²) in [7, 11) is 0. The van der Waals surface area contributed by atoms with E-state index in [-0.39, 0.29) is 0 Å². The fraction of sp³-hybridized carbons (Fsp3) is 0.412. The highest BCUT2D eigenvalue weighted by Crippen LogP contribution is 2.32. The number of aromatic amines is 2. The number of pyridine rings is 2. The number of aryl methyl sites for hydroxylation is 1. The Morgan fingerprint density at radius 1 is 1.07 bits per heavy atom. The first kappa shape index (κ1) is 30.2. The van der Waals surface area contributed by atoms with Gasteiger partial charge in [0.25, 0.3) is 0 Å². The number of likely N-dealkylation sites (tertiary alicyclic amines) is 1. The molecule has 6 heterocycles. The van der Waals surface area contributed by atoms with Gasteiger partial charge in [-0.1, -0.05) is 33.1 Å². The molecule has 2 fully saturated rings. The van der Waals surface area contributed by atoms with Gasteiger partial charge in [0, 0.05) is 48.0 Å². The average Bonchev–Trinajstić information content (AvgIpc) is 3.64. The summed E-state index contributed by atoms with van der Waals surface area (Å²) in [5, 5.41) is 15.5. The number of H-pyrrole nitrogens is 2. The average molecular weight is 580 g/mol. The first-order valence-electron chi connectivity index (χ1n) is 15.7. The summed E-state index contributed by atoms with van der Waals surface area (Å²) in [5.41, 5.74) is 8.43. The Morgan fingerprint density at radius 3 is 2.60 bits per heavy atom. The van der Waals surface area contributed by atoms with Gasteiger partial charge in [0.05, 0.1) is 23.0 Å². The van der Waals surface area contributed by atoms with E-state index in [2.05, 4.69) is 79.0 Å². The van der Waals surface area contributed by atoms with Gasteiger partial charge in [-0.2, -0.15) is 5.10 Å². The fourth-order valence-corrected chi connectivity index (χ4v) is 6.00. The second-order valence-electron chi connectivity index (χ2n) is 11.2. The van der Waals surface area contributed by atoms with Crippen LogP contribution in [-0.4, -0.2) is 61.2 Å². The number of rotatable bonds is 9. The van der Waals surface area contributed by atoms with Crippen molar-refractivity contribution in [3.05, 3.63) is 73.1 Å². The third-order valence-corrected chi connectivity index (χ3v) is 8.13. The number of anilines is 1. The van der Waals surface area contributed by atoms with Crippen LogP contribution in [0.1, 0.15) is 63.8 Å². The van der Waals surface area contributed by atoms with Crippen LogP contribution >= 0.6 is 0 Å². The summed E-state index contributed by atoms with van der Waals surface area (Å²) >= 11 is 0. The van der Waals surface area contributed by atoms with E-state index in [9.17, 15) is 0 Å². The summed E-state index contributed by atoms with van der Waals surface area (Å²) in [6.45, 7) is 18.6. The second kappa shape index (κ2) is 14.3. The van der Waals surface area contributed by atoms with Crippen LogP contribution < -0.4 is 10.6 Å². The van der Waals surface area contributed by atoms with Crippen LogP contribution in [-0.2, 0) is 0 Å². The molecule has 0 atom stereocenters. The Bertz CT molecular complexity index is 1570. The molecule has 2 aliphatic rings. The Hall–Kier alpha value is -4.24. The number of hydrogen-bond acceptors (Lipinski definition) is 7. The number of fused-ring (bicyclic) bond motifs is 1. The van der Waals surface area contributed by atoms with E-state index in [1.54, 1.807) is 0 Å². The molecule has 0 unspecified atom stereocenters. The number of hydrogen-bond donors (Lipinski definition) is 4. The number of allylic oxidation sites excluding steroid dienone is 3. The highest BCUT2D eigenvalue weighted by atomic mass is 15.2. The molecular weight excluding hydrogens is 534 g/mol. The van der Waals surface area contributed by atoms with Gasteiger partial charge >= 0.3 is 0 Å². The van der Waals surface area contributed by atoms with Gasteiger partial charge in [-0.3, -0.25) is 10.1 Å². The summed E-state index contributed by atoms with van der Waals surface area (Å²) in [5.74, 6) is 1.42. The standard InChI is InChI=1S/C32H39N9.C2H6/c1-4-8-28(41-13-6-5-7-14-41)29-22(3)37-32(38-29)30-27-17-25(19-35-31(27)40-39-30)24-16-26(20-34-18-24)36-21(2)15-23-9-11-33-12-10-23;1-2/h4,8,16-20,23,33,36H,1-2,5-7,9-15H2,3H3,(H,37,38)(H,35,39,40);1-2H3/b28-8+;. The molecule has 4 N–H and O–H groups in total. The SMILES string of the molecule is C=C/C=C(\c1nc(-c2[nH]nc3ncc(-c4cncc(NC(=C)CC5CCNCC5)c4)cc23)[nH]c1C)N1CCCCC1.CC. The highest BCUT2D eigenvalue weighted by molar-refractivity contribution is 5.92. The van der Waals surface area contributed by atoms with Crippen LogP contribution in [0.5, 0.6) is 0 Å². The summed E-state index contributed by atoms with van der Waals surface area (Å²) < 4.78 is 0. The molecule has 4 aromatic heterocycles. The lowest BCUT2D eigenvalue weighted by molar-refractivity contribution is 0.325. The van der Waals surface area contributed by atoms with Crippen LogP contribution in [0.15, 0.2) is 61.7 Å². The first-order chi connectivity index (χ1) is 21.1. The van der Waals surface area contributed by atoms with Crippen molar-refractivity contribution in [3.63, 3.8) is 0 Å². The predicted molar refractivity (Wildman–Crippen MR) is 177 cm³/mol. The predicted octanol–water partition coefficient (Wildman–Crippen LogP) is 7.07. The molecule has 2 aliphatic heterocycles. The van der Waals surface area contributed by atoms with Crippen LogP contribution in [0.4, 0.5) is 5.69 Å². The smallest absolute Gasteiger partial charge is 0.181 e. The van der Waals surface area contributed by atoms with Gasteiger partial charge in [-0.25, -0.2) is 9.97 Å². The zero-order valence-electron chi connectivity index (χ0n) is 25.8. The molecule has 0 bridgehead atoms. The van der Waals surface area contributed by atoms with Gasteiger partial charge < -0.3 is 20.5 Å². The quantitative estimate of drug-likeness (QED) is 0.157. The fourth-order valence-electron chi connectivity index (χ4n) is 6.00. The van der Waals surface area contributed by atoms with Crippen molar-refractivity contribution in [1.82, 2.24) is 40.3 Å². The highest BCUT2D eigenvalue weighted by Gasteiger charge is 2.22. The molecule has 6 rings (SSSR count). The normalized spacial score (nSPS) is 16.1. The van der Waals surface area contributed by atoms with Gasteiger partial charge in [-0.15, -0.1) is 0 Å². The van der Waals surface area contributed by atoms with Gasteiger partial charge in [0.2, 0.25) is 0 Å². The molecule has 9 heteroatoms. The minimum atomic E-state index is 0.648. The number of imidazole rings is 1. The largest absolute Gasteiger partial charge is 0.370 e. The summed E-state index contributed by atoms with van der Waals surface area (Å²) in [4.78, 5) is 20.1. The van der Waals surface area contributed by atoms with Gasteiger partial charge in [-0.05, 0) is 82.7 Å². The van der Waals surface area contributed by atoms with E-state index in [4.69, 9.17) is 4.98 Å². The minimum absolute atomic E-state index is 0.648. The molecule has 0 aliphatic carbocycles. The Labute approximate surface area is 255 Å². The number of aromatic nitrogens is 6. The maximum atomic E-state index is 5.05. The monoisotopic (exact) mass is 579 g/mol. The maximum absolute atomic E-state index is 5.05. The molecule has 0 spiro atoms. The minimum Gasteiger partial charge on any atom is -0.370 e. The van der Waals surface area contributed by atoms with E-state index in [1.165, 1.54) is 32.1 Å². The van der Waals surface area contributed by atoms with Crippen molar-refractivity contribution in [2.75, 3.05) is 31.5 Å². The third kappa shape index (κ3) is 7.05. The lowest BCUT2D eigenvalue weighted by Crippen LogP contribution is -2.28. The lowest BCUT2D eigenvalue weighted by atomic mass is 9.93. The molecule has 43 heavy (non-hydrogen) atoms. The van der Waals surface area contributed by atoms with Crippen molar-refractivity contribution >= 4 is 22.4 Å². The van der Waals surface area contributed by atoms with Crippen LogP contribution in [0.2, 0.25) is 0 Å². The Morgan fingerprint density at radius 2 is 1.84 bits per heavy atom. The Kier molecular flexibility index (Phi) is 10.0. The molecule has 9 nitrogen and oxygen atoms in total. The van der Waals surface area contributed by atoms with Crippen LogP contribution in [0.3, 0.4) is 0 Å². The Balaban J connectivity index is 0.00000180. The second-order valence-corrected chi connectivity index (χ2v) is 11.2. The molecule has 2 saturated heterocycles. The number of nitrogens with zero attached hydrogens (tertiary/aromatic N) is 5. The van der Waals surface area contributed by atoms with Crippen molar-refractivity contribution in [2.24, 2.45) is 5.92 Å². The lowest BCUT2D eigenvalue weighted by Gasteiger charge is -2.30. The summed E-state index contributed by atoms with van der Waals surface area (Å²) in [6.07, 6.45) is 16.5. The topological polar surface area (TPSA) is 110 Å². The van der Waals surface area contributed by atoms with Gasteiger partial charge in [0.15, 0.2) is 11.5 Å². The molecule has 0 aromatic carbocycles. The van der Waals surface area contributed by atoms with E-state index >= 15 is 0 Å². The molecule has 0 amide bonds. The molecule has 0 saturated carbocycles. The van der Waals surface area contributed by atoms with E-state index in [0.29, 0.717) is 11.6 Å². The van der Waals surface area contributed by atoms with Crippen LogP contribution in [0.25, 0.3) is 39.4 Å². The first-order valence-corrected chi connectivity index (χ1v) is 15.7. The van der Waals surface area contributed by atoms with Crippen molar-refractivity contribution < 1.29 is 0 Å². The van der Waals surface area contributed by atoms with E-state index < -0.39 is 0 Å². The van der Waals surface area contributed by atoms with Crippen molar-refractivity contribution in [1.29, 1.82) is 0 Å². The van der Waals surface area contributed by atoms with Gasteiger partial charge in [0.1, 0.15) is 11.4 Å². The number of piperidine rings is 2. The van der Waals surface area contributed by atoms with E-state index in [1.807, 2.05) is 38.5 Å². The molecular formula is C34H45N9. The molecule has 0 radical (unpaired) electrons. The summed E-state index contributed by atoms with van der Waals surface area (Å²) in [6, 6.07) is 4.21. The zero-order valence-corrected chi connectivity index (χ0v) is 25.8. The zero-order chi connectivity index (χ0) is 30.2. The van der Waals surface area contributed by atoms with E-state index in [0.717, 1.165) is 89.1 Å². The maximum Gasteiger partial charge on any atom is 0.181 e. The van der Waals surface area contributed by atoms with Crippen LogP contribution in [0, 0.1) is 12.8 Å².